The Balaban J connectivity index is 3.29. The lowest BCUT2D eigenvalue weighted by Crippen LogP contribution is -2.10. The molecular formula is C6H3ClF3IN2. The van der Waals surface area contributed by atoms with Crippen LogP contribution in [0.5, 0.6) is 0 Å². The van der Waals surface area contributed by atoms with Gasteiger partial charge in [-0.25, -0.2) is 4.98 Å². The molecule has 0 aliphatic rings. The summed E-state index contributed by atoms with van der Waals surface area (Å²) in [4.78, 5) is 3.12. The summed E-state index contributed by atoms with van der Waals surface area (Å²) >= 11 is 7.20. The molecule has 0 saturated carbocycles. The Morgan fingerprint density at radius 1 is 1.46 bits per heavy atom. The molecule has 1 rings (SSSR count). The fourth-order valence-corrected chi connectivity index (χ4v) is 1.33. The zero-order valence-electron chi connectivity index (χ0n) is 5.99. The van der Waals surface area contributed by atoms with Crippen molar-refractivity contribution in [2.75, 3.05) is 5.73 Å². The van der Waals surface area contributed by atoms with E-state index in [0.717, 1.165) is 6.07 Å². The fraction of sp³-hybridized carbons (Fsp3) is 0.167. The number of anilines is 1. The molecule has 72 valence electrons. The topological polar surface area (TPSA) is 38.9 Å². The number of aromatic nitrogens is 1. The molecule has 1 aromatic heterocycles. The lowest BCUT2D eigenvalue weighted by Gasteiger charge is -2.08. The summed E-state index contributed by atoms with van der Waals surface area (Å²) < 4.78 is 36.6. The van der Waals surface area contributed by atoms with Gasteiger partial charge in [-0.05, 0) is 28.7 Å². The van der Waals surface area contributed by atoms with E-state index in [1.165, 1.54) is 0 Å². The van der Waals surface area contributed by atoms with Crippen LogP contribution in [0.15, 0.2) is 6.07 Å². The number of nitrogen functional groups attached to an aromatic ring is 1. The van der Waals surface area contributed by atoms with Crippen molar-refractivity contribution in [3.8, 4) is 0 Å². The third-order valence-electron chi connectivity index (χ3n) is 1.23. The van der Waals surface area contributed by atoms with E-state index < -0.39 is 11.9 Å². The molecule has 7 heteroatoms. The van der Waals surface area contributed by atoms with Crippen LogP contribution in [0.3, 0.4) is 0 Å². The Kier molecular flexibility index (Phi) is 2.91. The number of hydrogen-bond acceptors (Lipinski definition) is 2. The van der Waals surface area contributed by atoms with Gasteiger partial charge < -0.3 is 5.73 Å². The maximum atomic E-state index is 12.1. The highest BCUT2D eigenvalue weighted by Gasteiger charge is 2.33. The lowest BCUT2D eigenvalue weighted by molar-refractivity contribution is -0.141. The number of hydrogen-bond donors (Lipinski definition) is 1. The van der Waals surface area contributed by atoms with Crippen LogP contribution in [0, 0.1) is 3.57 Å². The van der Waals surface area contributed by atoms with Gasteiger partial charge >= 0.3 is 6.18 Å². The monoisotopic (exact) mass is 322 g/mol. The van der Waals surface area contributed by atoms with Crippen molar-refractivity contribution in [2.45, 2.75) is 6.18 Å². The van der Waals surface area contributed by atoms with Crippen LogP contribution in [0.4, 0.5) is 19.0 Å². The van der Waals surface area contributed by atoms with E-state index in [1.807, 2.05) is 0 Å². The lowest BCUT2D eigenvalue weighted by atomic mass is 10.3. The molecule has 2 N–H and O–H groups in total. The molecule has 0 spiro atoms. The van der Waals surface area contributed by atoms with Gasteiger partial charge in [-0.3, -0.25) is 0 Å². The van der Waals surface area contributed by atoms with Gasteiger partial charge in [0.25, 0.3) is 0 Å². The molecule has 0 atom stereocenters. The van der Waals surface area contributed by atoms with E-state index >= 15 is 0 Å². The van der Waals surface area contributed by atoms with Crippen LogP contribution in [-0.2, 0) is 6.18 Å². The second kappa shape index (κ2) is 3.49. The van der Waals surface area contributed by atoms with Gasteiger partial charge in [0.15, 0.2) is 0 Å². The van der Waals surface area contributed by atoms with Crippen molar-refractivity contribution in [2.24, 2.45) is 0 Å². The van der Waals surface area contributed by atoms with Crippen LogP contribution in [0.1, 0.15) is 5.69 Å². The average Bonchev–Trinajstić information content (AvgIpc) is 1.97. The quantitative estimate of drug-likeness (QED) is 0.746. The van der Waals surface area contributed by atoms with Gasteiger partial charge in [-0.2, -0.15) is 13.2 Å². The SMILES string of the molecule is Nc1nc(C(F)(F)F)cc(I)c1Cl. The first kappa shape index (κ1) is 10.8. The molecule has 0 bridgehead atoms. The molecule has 0 aromatic carbocycles. The maximum absolute atomic E-state index is 12.1. The van der Waals surface area contributed by atoms with Gasteiger partial charge in [-0.1, -0.05) is 11.6 Å². The van der Waals surface area contributed by atoms with E-state index in [-0.39, 0.29) is 14.4 Å². The first-order valence-electron chi connectivity index (χ1n) is 3.01. The Morgan fingerprint density at radius 2 is 2.00 bits per heavy atom. The van der Waals surface area contributed by atoms with Crippen LogP contribution < -0.4 is 5.73 Å². The van der Waals surface area contributed by atoms with Crippen molar-refractivity contribution in [3.05, 3.63) is 20.4 Å². The summed E-state index contributed by atoms with van der Waals surface area (Å²) in [5.41, 5.74) is 4.14. The van der Waals surface area contributed by atoms with E-state index in [0.29, 0.717) is 0 Å². The number of halogens is 5. The van der Waals surface area contributed by atoms with Crippen molar-refractivity contribution in [1.29, 1.82) is 0 Å². The van der Waals surface area contributed by atoms with E-state index in [2.05, 4.69) is 4.98 Å². The van der Waals surface area contributed by atoms with Gasteiger partial charge in [0.05, 0.1) is 5.02 Å². The molecule has 2 nitrogen and oxygen atoms in total. The molecule has 0 aliphatic carbocycles. The Hall–Kier alpha value is -0.240. The number of alkyl halides is 3. The molecule has 13 heavy (non-hydrogen) atoms. The van der Waals surface area contributed by atoms with Gasteiger partial charge in [0, 0.05) is 3.57 Å². The fourth-order valence-electron chi connectivity index (χ4n) is 0.662. The highest BCUT2D eigenvalue weighted by atomic mass is 127. The molecule has 1 aromatic rings. The number of pyridine rings is 1. The Bertz CT molecular complexity index is 316. The summed E-state index contributed by atoms with van der Waals surface area (Å²) in [6.45, 7) is 0. The first-order valence-corrected chi connectivity index (χ1v) is 4.46. The van der Waals surface area contributed by atoms with E-state index in [9.17, 15) is 13.2 Å². The predicted octanol–water partition coefficient (Wildman–Crippen LogP) is 2.94. The summed E-state index contributed by atoms with van der Waals surface area (Å²) in [5, 5.41) is 0.0496. The van der Waals surface area contributed by atoms with Crippen LogP contribution in [0.2, 0.25) is 5.02 Å². The van der Waals surface area contributed by atoms with Crippen LogP contribution >= 0.6 is 34.2 Å². The molecule has 0 saturated heterocycles. The number of nitrogens with two attached hydrogens (primary N) is 1. The summed E-state index contributed by atoms with van der Waals surface area (Å²) in [7, 11) is 0. The van der Waals surface area contributed by atoms with E-state index in [1.54, 1.807) is 22.6 Å². The number of nitrogens with zero attached hydrogens (tertiary/aromatic N) is 1. The third kappa shape index (κ3) is 2.37. The zero-order valence-corrected chi connectivity index (χ0v) is 8.91. The normalized spacial score (nSPS) is 11.8. The minimum absolute atomic E-state index is 0.0496. The molecular weight excluding hydrogens is 319 g/mol. The molecule has 0 aliphatic heterocycles. The van der Waals surface area contributed by atoms with Crippen molar-refractivity contribution < 1.29 is 13.2 Å². The zero-order chi connectivity index (χ0) is 10.2. The van der Waals surface area contributed by atoms with Crippen molar-refractivity contribution >= 4 is 40.0 Å². The third-order valence-corrected chi connectivity index (χ3v) is 2.80. The van der Waals surface area contributed by atoms with Crippen molar-refractivity contribution in [3.63, 3.8) is 0 Å². The highest BCUT2D eigenvalue weighted by Crippen LogP contribution is 2.32. The smallest absolute Gasteiger partial charge is 0.382 e. The van der Waals surface area contributed by atoms with Gasteiger partial charge in [-0.15, -0.1) is 0 Å². The molecule has 0 unspecified atom stereocenters. The first-order chi connectivity index (χ1) is 5.82. The maximum Gasteiger partial charge on any atom is 0.433 e. The minimum Gasteiger partial charge on any atom is -0.382 e. The van der Waals surface area contributed by atoms with Gasteiger partial charge in [0.1, 0.15) is 11.5 Å². The minimum atomic E-state index is -4.49. The number of rotatable bonds is 0. The molecule has 0 radical (unpaired) electrons. The summed E-state index contributed by atoms with van der Waals surface area (Å²) in [6.07, 6.45) is -4.49. The average molecular weight is 322 g/mol. The van der Waals surface area contributed by atoms with Crippen LogP contribution in [-0.4, -0.2) is 4.98 Å². The van der Waals surface area contributed by atoms with Crippen LogP contribution in [0.25, 0.3) is 0 Å². The second-order valence-corrected chi connectivity index (χ2v) is 3.73. The standard InChI is InChI=1S/C6H3ClF3IN2/c7-4-2(11)1-3(6(8,9)10)13-5(4)12/h1H,(H2,12,13). The largest absolute Gasteiger partial charge is 0.433 e. The molecule has 0 amide bonds. The molecule has 1 heterocycles. The molecule has 0 fully saturated rings. The summed E-state index contributed by atoms with van der Waals surface area (Å²) in [6, 6.07) is 0.846. The predicted molar refractivity (Wildman–Crippen MR) is 51.4 cm³/mol. The Labute approximate surface area is 90.4 Å². The Morgan fingerprint density at radius 3 is 2.38 bits per heavy atom. The van der Waals surface area contributed by atoms with Gasteiger partial charge in [0.2, 0.25) is 0 Å². The van der Waals surface area contributed by atoms with Crippen molar-refractivity contribution in [1.82, 2.24) is 4.98 Å². The second-order valence-electron chi connectivity index (χ2n) is 2.19. The highest BCUT2D eigenvalue weighted by molar-refractivity contribution is 14.1. The van der Waals surface area contributed by atoms with E-state index in [4.69, 9.17) is 17.3 Å². The summed E-state index contributed by atoms with van der Waals surface area (Å²) in [5.74, 6) is -0.305.